The van der Waals surface area contributed by atoms with Gasteiger partial charge in [0.05, 0.1) is 0 Å². The summed E-state index contributed by atoms with van der Waals surface area (Å²) in [6.07, 6.45) is 1.83. The lowest BCUT2D eigenvalue weighted by molar-refractivity contribution is -0.141. The predicted molar refractivity (Wildman–Crippen MR) is 129 cm³/mol. The van der Waals surface area contributed by atoms with Crippen LogP contribution in [0.4, 0.5) is 0 Å². The number of halogens is 1. The second-order valence-electron chi connectivity index (χ2n) is 7.74. The second-order valence-corrected chi connectivity index (χ2v) is 8.17. The molecule has 1 N–H and O–H groups in total. The van der Waals surface area contributed by atoms with Crippen molar-refractivity contribution in [3.63, 3.8) is 0 Å². The number of amides is 2. The number of hydrogen-bond acceptors (Lipinski definition) is 2. The molecule has 1 atom stereocenters. The van der Waals surface area contributed by atoms with E-state index in [1.807, 2.05) is 79.7 Å². The topological polar surface area (TPSA) is 49.4 Å². The van der Waals surface area contributed by atoms with E-state index in [-0.39, 0.29) is 11.8 Å². The van der Waals surface area contributed by atoms with Crippen molar-refractivity contribution in [3.05, 3.63) is 107 Å². The lowest BCUT2D eigenvalue weighted by Crippen LogP contribution is -2.43. The van der Waals surface area contributed by atoms with Crippen LogP contribution >= 0.6 is 11.6 Å². The molecule has 1 unspecified atom stereocenters. The van der Waals surface area contributed by atoms with E-state index >= 15 is 0 Å². The fraction of sp³-hybridized carbons (Fsp3) is 0.259. The number of carbonyl (C=O) groups is 2. The minimum absolute atomic E-state index is 0.0467. The van der Waals surface area contributed by atoms with Gasteiger partial charge in [-0.15, -0.1) is 0 Å². The summed E-state index contributed by atoms with van der Waals surface area (Å²) in [7, 11) is 0. The minimum atomic E-state index is -0.707. The second kappa shape index (κ2) is 12.1. The maximum Gasteiger partial charge on any atom is 0.247 e. The maximum absolute atomic E-state index is 13.4. The molecule has 4 nitrogen and oxygen atoms in total. The summed E-state index contributed by atoms with van der Waals surface area (Å²) < 4.78 is 0. The van der Waals surface area contributed by atoms with E-state index < -0.39 is 6.04 Å². The normalized spacial score (nSPS) is 11.6. The van der Waals surface area contributed by atoms with Crippen LogP contribution in [0.1, 0.15) is 42.5 Å². The molecule has 0 saturated carbocycles. The molecule has 0 bridgehead atoms. The maximum atomic E-state index is 13.4. The van der Waals surface area contributed by atoms with E-state index in [0.717, 1.165) is 23.1 Å². The number of carbonyl (C=O) groups excluding carboxylic acids is 2. The molecule has 0 radical (unpaired) electrons. The van der Waals surface area contributed by atoms with Crippen LogP contribution in [-0.4, -0.2) is 23.3 Å². The first-order chi connectivity index (χ1) is 15.6. The van der Waals surface area contributed by atoms with E-state index in [2.05, 4.69) is 5.32 Å². The Labute approximate surface area is 195 Å². The SMILES string of the molecule is CCCC(=O)N(Cc1ccc(Cl)cc1)C(C(=O)NCCc1ccccc1)c1ccccc1. The predicted octanol–water partition coefficient (Wildman–Crippen LogP) is 5.57. The Morgan fingerprint density at radius 3 is 2.12 bits per heavy atom. The Morgan fingerprint density at radius 1 is 0.875 bits per heavy atom. The third kappa shape index (κ3) is 6.69. The van der Waals surface area contributed by atoms with Crippen molar-refractivity contribution >= 4 is 23.4 Å². The van der Waals surface area contributed by atoms with Gasteiger partial charge in [-0.1, -0.05) is 91.3 Å². The first-order valence-corrected chi connectivity index (χ1v) is 11.4. The van der Waals surface area contributed by atoms with Gasteiger partial charge < -0.3 is 10.2 Å². The van der Waals surface area contributed by atoms with Gasteiger partial charge in [-0.3, -0.25) is 9.59 Å². The number of benzene rings is 3. The van der Waals surface area contributed by atoms with Crippen molar-refractivity contribution in [2.45, 2.75) is 38.8 Å². The van der Waals surface area contributed by atoms with Gasteiger partial charge in [-0.25, -0.2) is 0 Å². The van der Waals surface area contributed by atoms with Gasteiger partial charge in [0.15, 0.2) is 0 Å². The smallest absolute Gasteiger partial charge is 0.247 e. The quantitative estimate of drug-likeness (QED) is 0.440. The third-order valence-corrected chi connectivity index (χ3v) is 5.53. The van der Waals surface area contributed by atoms with Gasteiger partial charge in [0, 0.05) is 24.5 Å². The summed E-state index contributed by atoms with van der Waals surface area (Å²) in [5.74, 6) is -0.222. The van der Waals surface area contributed by atoms with Crippen molar-refractivity contribution in [1.82, 2.24) is 10.2 Å². The highest BCUT2D eigenvalue weighted by atomic mass is 35.5. The van der Waals surface area contributed by atoms with Crippen LogP contribution < -0.4 is 5.32 Å². The summed E-state index contributed by atoms with van der Waals surface area (Å²) in [6, 6.07) is 26.2. The Kier molecular flexibility index (Phi) is 8.88. The van der Waals surface area contributed by atoms with Crippen molar-refractivity contribution in [2.24, 2.45) is 0 Å². The molecule has 0 aliphatic carbocycles. The number of nitrogens with zero attached hydrogens (tertiary/aromatic N) is 1. The molecule has 0 spiro atoms. The molecule has 32 heavy (non-hydrogen) atoms. The summed E-state index contributed by atoms with van der Waals surface area (Å²) in [6.45, 7) is 2.81. The van der Waals surface area contributed by atoms with Crippen LogP contribution in [0.5, 0.6) is 0 Å². The van der Waals surface area contributed by atoms with Crippen molar-refractivity contribution < 1.29 is 9.59 Å². The Balaban J connectivity index is 1.84. The molecule has 166 valence electrons. The molecular weight excluding hydrogens is 420 g/mol. The zero-order chi connectivity index (χ0) is 22.8. The highest BCUT2D eigenvalue weighted by molar-refractivity contribution is 6.30. The van der Waals surface area contributed by atoms with Gasteiger partial charge in [0.25, 0.3) is 0 Å². The van der Waals surface area contributed by atoms with Crippen molar-refractivity contribution in [1.29, 1.82) is 0 Å². The van der Waals surface area contributed by atoms with Crippen LogP contribution in [0.3, 0.4) is 0 Å². The summed E-state index contributed by atoms with van der Waals surface area (Å²) >= 11 is 6.03. The van der Waals surface area contributed by atoms with Crippen molar-refractivity contribution in [2.75, 3.05) is 6.54 Å². The van der Waals surface area contributed by atoms with Crippen LogP contribution in [0.25, 0.3) is 0 Å². The largest absolute Gasteiger partial charge is 0.354 e. The summed E-state index contributed by atoms with van der Waals surface area (Å²) in [5, 5.41) is 3.69. The van der Waals surface area contributed by atoms with E-state index in [1.165, 1.54) is 0 Å². The number of hydrogen-bond donors (Lipinski definition) is 1. The van der Waals surface area contributed by atoms with Gasteiger partial charge >= 0.3 is 0 Å². The highest BCUT2D eigenvalue weighted by Gasteiger charge is 2.30. The average molecular weight is 449 g/mol. The van der Waals surface area contributed by atoms with Crippen LogP contribution in [0.15, 0.2) is 84.9 Å². The van der Waals surface area contributed by atoms with E-state index in [9.17, 15) is 9.59 Å². The highest BCUT2D eigenvalue weighted by Crippen LogP contribution is 2.25. The van der Waals surface area contributed by atoms with Gasteiger partial charge in [0.2, 0.25) is 11.8 Å². The lowest BCUT2D eigenvalue weighted by Gasteiger charge is -2.31. The molecule has 0 aliphatic rings. The molecule has 5 heteroatoms. The molecule has 0 fully saturated rings. The molecule has 3 aromatic rings. The van der Waals surface area contributed by atoms with E-state index in [4.69, 9.17) is 11.6 Å². The van der Waals surface area contributed by atoms with Gasteiger partial charge in [0.1, 0.15) is 6.04 Å². The first kappa shape index (κ1) is 23.6. The Morgan fingerprint density at radius 2 is 1.50 bits per heavy atom. The third-order valence-electron chi connectivity index (χ3n) is 5.28. The molecule has 0 aliphatic heterocycles. The summed E-state index contributed by atoms with van der Waals surface area (Å²) in [5.41, 5.74) is 2.88. The molecular formula is C27H29ClN2O2. The molecule has 3 aromatic carbocycles. The monoisotopic (exact) mass is 448 g/mol. The average Bonchev–Trinajstić information content (AvgIpc) is 2.81. The fourth-order valence-electron chi connectivity index (χ4n) is 3.65. The lowest BCUT2D eigenvalue weighted by atomic mass is 10.0. The van der Waals surface area contributed by atoms with E-state index in [1.54, 1.807) is 17.0 Å². The number of rotatable bonds is 10. The first-order valence-electron chi connectivity index (χ1n) is 11.0. The standard InChI is InChI=1S/C27H29ClN2O2/c1-2-9-25(31)30(20-22-14-16-24(28)17-15-22)26(23-12-7-4-8-13-23)27(32)29-19-18-21-10-5-3-6-11-21/h3-8,10-17,26H,2,9,18-20H2,1H3,(H,29,32). The van der Waals surface area contributed by atoms with Gasteiger partial charge in [-0.05, 0) is 41.7 Å². The zero-order valence-electron chi connectivity index (χ0n) is 18.3. The Bertz CT molecular complexity index is 991. The fourth-order valence-corrected chi connectivity index (χ4v) is 3.77. The summed E-state index contributed by atoms with van der Waals surface area (Å²) in [4.78, 5) is 28.2. The number of nitrogens with one attached hydrogen (secondary N) is 1. The molecule has 0 saturated heterocycles. The Hall–Kier alpha value is -3.11. The molecule has 2 amide bonds. The van der Waals surface area contributed by atoms with Crippen LogP contribution in [0.2, 0.25) is 5.02 Å². The molecule has 0 aromatic heterocycles. The molecule has 3 rings (SSSR count). The van der Waals surface area contributed by atoms with Crippen LogP contribution in [-0.2, 0) is 22.6 Å². The minimum Gasteiger partial charge on any atom is -0.354 e. The van der Waals surface area contributed by atoms with Gasteiger partial charge in [-0.2, -0.15) is 0 Å². The zero-order valence-corrected chi connectivity index (χ0v) is 19.1. The van der Waals surface area contributed by atoms with Crippen LogP contribution in [0, 0.1) is 0 Å². The molecule has 0 heterocycles. The van der Waals surface area contributed by atoms with E-state index in [0.29, 0.717) is 31.0 Å². The van der Waals surface area contributed by atoms with Crippen molar-refractivity contribution in [3.8, 4) is 0 Å².